The standard InChI is InChI=1S/C16H25ClN2O/c1-4-18-12(2)14-5-6-16(15(17)9-14)19-8-7-13(10-19)11-20-3/h5-6,9,12-13,18H,4,7-8,10-11H2,1-3H3. The van der Waals surface area contributed by atoms with Crippen LogP contribution in [0.15, 0.2) is 18.2 Å². The lowest BCUT2D eigenvalue weighted by atomic mass is 10.1. The van der Waals surface area contributed by atoms with E-state index in [1.165, 1.54) is 12.0 Å². The maximum absolute atomic E-state index is 6.48. The van der Waals surface area contributed by atoms with Gasteiger partial charge in [0.1, 0.15) is 0 Å². The van der Waals surface area contributed by atoms with Crippen molar-refractivity contribution >= 4 is 17.3 Å². The van der Waals surface area contributed by atoms with Gasteiger partial charge in [0.25, 0.3) is 0 Å². The van der Waals surface area contributed by atoms with E-state index in [1.807, 2.05) is 0 Å². The zero-order valence-corrected chi connectivity index (χ0v) is 13.4. The monoisotopic (exact) mass is 296 g/mol. The Kier molecular flexibility index (Phi) is 5.70. The van der Waals surface area contributed by atoms with E-state index in [0.29, 0.717) is 12.0 Å². The second-order valence-electron chi connectivity index (χ2n) is 5.55. The lowest BCUT2D eigenvalue weighted by Gasteiger charge is -2.22. The summed E-state index contributed by atoms with van der Waals surface area (Å²) in [4.78, 5) is 2.37. The highest BCUT2D eigenvalue weighted by atomic mass is 35.5. The molecule has 1 aliphatic heterocycles. The number of methoxy groups -OCH3 is 1. The summed E-state index contributed by atoms with van der Waals surface area (Å²) in [6.07, 6.45) is 1.18. The summed E-state index contributed by atoms with van der Waals surface area (Å²) < 4.78 is 5.25. The molecule has 20 heavy (non-hydrogen) atoms. The maximum atomic E-state index is 6.48. The van der Waals surface area contributed by atoms with Crippen molar-refractivity contribution < 1.29 is 4.74 Å². The Morgan fingerprint density at radius 2 is 2.30 bits per heavy atom. The molecule has 0 amide bonds. The maximum Gasteiger partial charge on any atom is 0.0642 e. The number of hydrogen-bond donors (Lipinski definition) is 1. The van der Waals surface area contributed by atoms with Crippen molar-refractivity contribution in [1.29, 1.82) is 0 Å². The Morgan fingerprint density at radius 3 is 2.95 bits per heavy atom. The van der Waals surface area contributed by atoms with Crippen molar-refractivity contribution in [3.05, 3.63) is 28.8 Å². The number of nitrogens with zero attached hydrogens (tertiary/aromatic N) is 1. The molecule has 0 saturated carbocycles. The topological polar surface area (TPSA) is 24.5 Å². The van der Waals surface area contributed by atoms with Crippen molar-refractivity contribution in [3.8, 4) is 0 Å². The average molecular weight is 297 g/mol. The predicted molar refractivity (Wildman–Crippen MR) is 85.7 cm³/mol. The highest BCUT2D eigenvalue weighted by molar-refractivity contribution is 6.33. The van der Waals surface area contributed by atoms with E-state index in [4.69, 9.17) is 16.3 Å². The molecule has 1 N–H and O–H groups in total. The van der Waals surface area contributed by atoms with Crippen molar-refractivity contribution in [2.24, 2.45) is 5.92 Å². The van der Waals surface area contributed by atoms with E-state index in [-0.39, 0.29) is 0 Å². The zero-order valence-electron chi connectivity index (χ0n) is 12.7. The van der Waals surface area contributed by atoms with Crippen LogP contribution in [0.4, 0.5) is 5.69 Å². The molecular formula is C16H25ClN2O. The minimum absolute atomic E-state index is 0.339. The fourth-order valence-electron chi connectivity index (χ4n) is 2.90. The summed E-state index contributed by atoms with van der Waals surface area (Å²) in [5.41, 5.74) is 2.39. The quantitative estimate of drug-likeness (QED) is 0.870. The van der Waals surface area contributed by atoms with Gasteiger partial charge in [-0.2, -0.15) is 0 Å². The Labute approximate surface area is 127 Å². The Hall–Kier alpha value is -0.770. The summed E-state index contributed by atoms with van der Waals surface area (Å²) in [7, 11) is 1.77. The molecule has 2 rings (SSSR count). The Balaban J connectivity index is 2.06. The third kappa shape index (κ3) is 3.66. The first-order valence-corrected chi connectivity index (χ1v) is 7.80. The second-order valence-corrected chi connectivity index (χ2v) is 5.95. The van der Waals surface area contributed by atoms with Gasteiger partial charge in [-0.25, -0.2) is 0 Å². The average Bonchev–Trinajstić information content (AvgIpc) is 2.87. The van der Waals surface area contributed by atoms with Gasteiger partial charge in [0.15, 0.2) is 0 Å². The van der Waals surface area contributed by atoms with Crippen molar-refractivity contribution in [1.82, 2.24) is 5.32 Å². The molecule has 0 spiro atoms. The van der Waals surface area contributed by atoms with Crippen LogP contribution in [0.2, 0.25) is 5.02 Å². The number of benzene rings is 1. The van der Waals surface area contributed by atoms with Crippen LogP contribution in [0.5, 0.6) is 0 Å². The SMILES string of the molecule is CCNC(C)c1ccc(N2CCC(COC)C2)c(Cl)c1. The summed E-state index contributed by atoms with van der Waals surface area (Å²) in [6.45, 7) is 8.19. The summed E-state index contributed by atoms with van der Waals surface area (Å²) in [5.74, 6) is 0.622. The Bertz CT molecular complexity index is 438. The first kappa shape index (κ1) is 15.6. The van der Waals surface area contributed by atoms with E-state index < -0.39 is 0 Å². The molecule has 3 nitrogen and oxygen atoms in total. The molecule has 0 aromatic heterocycles. The largest absolute Gasteiger partial charge is 0.384 e. The van der Waals surface area contributed by atoms with Crippen LogP contribution in [0.1, 0.15) is 31.9 Å². The van der Waals surface area contributed by atoms with Gasteiger partial charge in [-0.1, -0.05) is 24.6 Å². The molecule has 1 aliphatic rings. The molecule has 4 heteroatoms. The number of hydrogen-bond acceptors (Lipinski definition) is 3. The third-order valence-electron chi connectivity index (χ3n) is 4.01. The molecular weight excluding hydrogens is 272 g/mol. The lowest BCUT2D eigenvalue weighted by molar-refractivity contribution is 0.161. The molecule has 1 saturated heterocycles. The van der Waals surface area contributed by atoms with Crippen molar-refractivity contribution in [3.63, 3.8) is 0 Å². The second kappa shape index (κ2) is 7.30. The minimum Gasteiger partial charge on any atom is -0.384 e. The predicted octanol–water partition coefficient (Wildman–Crippen LogP) is 3.48. The van der Waals surface area contributed by atoms with Gasteiger partial charge in [-0.3, -0.25) is 0 Å². The highest BCUT2D eigenvalue weighted by Crippen LogP contribution is 2.32. The molecule has 2 atom stereocenters. The van der Waals surface area contributed by atoms with E-state index in [1.54, 1.807) is 7.11 Å². The number of rotatable bonds is 6. The number of ether oxygens (including phenoxy) is 1. The van der Waals surface area contributed by atoms with Crippen LogP contribution in [0.3, 0.4) is 0 Å². The van der Waals surface area contributed by atoms with Crippen LogP contribution in [-0.2, 0) is 4.74 Å². The fourth-order valence-corrected chi connectivity index (χ4v) is 3.20. The molecule has 1 heterocycles. The van der Waals surface area contributed by atoms with Crippen LogP contribution in [0.25, 0.3) is 0 Å². The fraction of sp³-hybridized carbons (Fsp3) is 0.625. The summed E-state index contributed by atoms with van der Waals surface area (Å²) in [5, 5.41) is 4.27. The highest BCUT2D eigenvalue weighted by Gasteiger charge is 2.24. The molecule has 0 aliphatic carbocycles. The normalized spacial score (nSPS) is 20.4. The zero-order chi connectivity index (χ0) is 14.5. The van der Waals surface area contributed by atoms with Crippen molar-refractivity contribution in [2.75, 3.05) is 38.3 Å². The van der Waals surface area contributed by atoms with Gasteiger partial charge in [0.2, 0.25) is 0 Å². The minimum atomic E-state index is 0.339. The van der Waals surface area contributed by atoms with Gasteiger partial charge in [0, 0.05) is 32.2 Å². The Morgan fingerprint density at radius 1 is 1.50 bits per heavy atom. The van der Waals surface area contributed by atoms with E-state index in [0.717, 1.165) is 37.0 Å². The van der Waals surface area contributed by atoms with Crippen LogP contribution < -0.4 is 10.2 Å². The third-order valence-corrected chi connectivity index (χ3v) is 4.31. The molecule has 1 fully saturated rings. The molecule has 112 valence electrons. The molecule has 0 radical (unpaired) electrons. The summed E-state index contributed by atoms with van der Waals surface area (Å²) >= 11 is 6.48. The number of anilines is 1. The van der Waals surface area contributed by atoms with E-state index in [2.05, 4.69) is 42.3 Å². The van der Waals surface area contributed by atoms with Crippen LogP contribution in [0, 0.1) is 5.92 Å². The van der Waals surface area contributed by atoms with E-state index >= 15 is 0 Å². The molecule has 0 bridgehead atoms. The lowest BCUT2D eigenvalue weighted by Crippen LogP contribution is -2.22. The summed E-state index contributed by atoms with van der Waals surface area (Å²) in [6, 6.07) is 6.76. The molecule has 1 aromatic rings. The molecule has 2 unspecified atom stereocenters. The first-order chi connectivity index (χ1) is 9.65. The molecule has 1 aromatic carbocycles. The van der Waals surface area contributed by atoms with Gasteiger partial charge in [-0.05, 0) is 37.6 Å². The van der Waals surface area contributed by atoms with Crippen molar-refractivity contribution in [2.45, 2.75) is 26.3 Å². The van der Waals surface area contributed by atoms with Crippen LogP contribution >= 0.6 is 11.6 Å². The number of nitrogens with one attached hydrogen (secondary N) is 1. The van der Waals surface area contributed by atoms with E-state index in [9.17, 15) is 0 Å². The van der Waals surface area contributed by atoms with Gasteiger partial charge in [-0.15, -0.1) is 0 Å². The van der Waals surface area contributed by atoms with Gasteiger partial charge >= 0.3 is 0 Å². The smallest absolute Gasteiger partial charge is 0.0642 e. The van der Waals surface area contributed by atoms with Crippen LogP contribution in [-0.4, -0.2) is 33.4 Å². The first-order valence-electron chi connectivity index (χ1n) is 7.42. The van der Waals surface area contributed by atoms with Gasteiger partial charge < -0.3 is 15.0 Å². The van der Waals surface area contributed by atoms with Gasteiger partial charge in [0.05, 0.1) is 17.3 Å². The number of halogens is 1.